The lowest BCUT2D eigenvalue weighted by Crippen LogP contribution is -2.34. The molecule has 0 unspecified atom stereocenters. The van der Waals surface area contributed by atoms with Crippen LogP contribution in [0.5, 0.6) is 0 Å². The molecule has 0 spiro atoms. The largest absolute Gasteiger partial charge is 0.478 e. The minimum atomic E-state index is -1.07. The van der Waals surface area contributed by atoms with Crippen molar-refractivity contribution < 1.29 is 20.1 Å². The monoisotopic (exact) mass is 172 g/mol. The normalized spacial score (nSPS) is 35.9. The molecule has 0 saturated carbocycles. The maximum atomic E-state index is 10.5. The molecule has 0 aromatic carbocycles. The fourth-order valence-corrected chi connectivity index (χ4v) is 1.22. The Morgan fingerprint density at radius 3 is 2.58 bits per heavy atom. The van der Waals surface area contributed by atoms with Crippen LogP contribution in [0.15, 0.2) is 11.6 Å². The third-order valence-electron chi connectivity index (χ3n) is 2.22. The van der Waals surface area contributed by atoms with Crippen molar-refractivity contribution >= 4 is 5.97 Å². The highest BCUT2D eigenvalue weighted by Crippen LogP contribution is 2.23. The van der Waals surface area contributed by atoms with E-state index in [1.165, 1.54) is 6.08 Å². The maximum absolute atomic E-state index is 10.5. The Kier molecular flexibility index (Phi) is 2.49. The van der Waals surface area contributed by atoms with Gasteiger partial charge in [0.05, 0.1) is 12.2 Å². The SMILES string of the molecule is C[C@@H]1[C@H](O)C=C(C(=O)O)C[C@H]1O. The molecule has 1 aliphatic rings. The van der Waals surface area contributed by atoms with E-state index < -0.39 is 18.2 Å². The number of aliphatic carboxylic acids is 1. The van der Waals surface area contributed by atoms with Crippen LogP contribution in [0.1, 0.15) is 13.3 Å². The van der Waals surface area contributed by atoms with E-state index in [2.05, 4.69) is 0 Å². The summed E-state index contributed by atoms with van der Waals surface area (Å²) in [6.45, 7) is 1.68. The average Bonchev–Trinajstić information content (AvgIpc) is 1.99. The Balaban J connectivity index is 2.81. The van der Waals surface area contributed by atoms with E-state index in [-0.39, 0.29) is 17.9 Å². The summed E-state index contributed by atoms with van der Waals surface area (Å²) in [7, 11) is 0. The van der Waals surface area contributed by atoms with Crippen LogP contribution in [0, 0.1) is 5.92 Å². The molecule has 0 aromatic heterocycles. The fourth-order valence-electron chi connectivity index (χ4n) is 1.22. The lowest BCUT2D eigenvalue weighted by molar-refractivity contribution is -0.133. The fraction of sp³-hybridized carbons (Fsp3) is 0.625. The first-order valence-corrected chi connectivity index (χ1v) is 3.82. The molecule has 4 heteroatoms. The van der Waals surface area contributed by atoms with Crippen LogP contribution < -0.4 is 0 Å². The summed E-state index contributed by atoms with van der Waals surface area (Å²) < 4.78 is 0. The van der Waals surface area contributed by atoms with Gasteiger partial charge in [-0.3, -0.25) is 0 Å². The second-order valence-electron chi connectivity index (χ2n) is 3.12. The molecule has 3 N–H and O–H groups in total. The molecule has 0 aromatic rings. The summed E-state index contributed by atoms with van der Waals surface area (Å²) >= 11 is 0. The van der Waals surface area contributed by atoms with Gasteiger partial charge < -0.3 is 15.3 Å². The van der Waals surface area contributed by atoms with Gasteiger partial charge in [-0.1, -0.05) is 6.92 Å². The van der Waals surface area contributed by atoms with Crippen molar-refractivity contribution in [2.75, 3.05) is 0 Å². The molecule has 0 amide bonds. The van der Waals surface area contributed by atoms with E-state index in [1.54, 1.807) is 6.92 Å². The first-order valence-electron chi connectivity index (χ1n) is 3.82. The Hall–Kier alpha value is -0.870. The highest BCUT2D eigenvalue weighted by atomic mass is 16.4. The molecule has 0 aliphatic heterocycles. The lowest BCUT2D eigenvalue weighted by atomic mass is 9.86. The molecule has 0 fully saturated rings. The van der Waals surface area contributed by atoms with Gasteiger partial charge in [0.15, 0.2) is 0 Å². The van der Waals surface area contributed by atoms with Gasteiger partial charge in [-0.15, -0.1) is 0 Å². The number of aliphatic hydroxyl groups excluding tert-OH is 2. The van der Waals surface area contributed by atoms with Crippen LogP contribution in [-0.4, -0.2) is 33.5 Å². The van der Waals surface area contributed by atoms with E-state index in [0.717, 1.165) is 0 Å². The molecule has 12 heavy (non-hydrogen) atoms. The summed E-state index contributed by atoms with van der Waals surface area (Å²) in [5.41, 5.74) is 0.0908. The number of rotatable bonds is 1. The summed E-state index contributed by atoms with van der Waals surface area (Å²) in [4.78, 5) is 10.5. The summed E-state index contributed by atoms with van der Waals surface area (Å²) in [5, 5.41) is 27.1. The van der Waals surface area contributed by atoms with Gasteiger partial charge >= 0.3 is 5.97 Å². The second kappa shape index (κ2) is 3.25. The zero-order chi connectivity index (χ0) is 9.30. The van der Waals surface area contributed by atoms with Gasteiger partial charge in [0, 0.05) is 17.9 Å². The number of aliphatic hydroxyl groups is 2. The van der Waals surface area contributed by atoms with E-state index in [1.807, 2.05) is 0 Å². The van der Waals surface area contributed by atoms with Crippen LogP contribution in [0.4, 0.5) is 0 Å². The van der Waals surface area contributed by atoms with Crippen molar-refractivity contribution in [2.45, 2.75) is 25.6 Å². The number of carbonyl (C=O) groups is 1. The molecular weight excluding hydrogens is 160 g/mol. The zero-order valence-corrected chi connectivity index (χ0v) is 6.77. The lowest BCUT2D eigenvalue weighted by Gasteiger charge is -2.27. The molecule has 1 aliphatic carbocycles. The molecular formula is C8H12O4. The molecule has 0 heterocycles. The Bertz CT molecular complexity index is 221. The predicted octanol–water partition coefficient (Wildman–Crippen LogP) is -0.241. The molecule has 4 nitrogen and oxygen atoms in total. The molecule has 0 bridgehead atoms. The van der Waals surface area contributed by atoms with Crippen molar-refractivity contribution in [1.29, 1.82) is 0 Å². The van der Waals surface area contributed by atoms with Crippen molar-refractivity contribution in [3.8, 4) is 0 Å². The van der Waals surface area contributed by atoms with Gasteiger partial charge in [-0.05, 0) is 6.08 Å². The van der Waals surface area contributed by atoms with Crippen LogP contribution in [0.3, 0.4) is 0 Å². The molecule has 68 valence electrons. The average molecular weight is 172 g/mol. The number of hydrogen-bond acceptors (Lipinski definition) is 3. The standard InChI is InChI=1S/C8H12O4/c1-4-6(9)2-5(8(11)12)3-7(4)10/h2,4,6-7,9-10H,3H2,1H3,(H,11,12)/t4-,6-,7-/m1/s1. The van der Waals surface area contributed by atoms with Crippen LogP contribution in [0.2, 0.25) is 0 Å². The van der Waals surface area contributed by atoms with Crippen molar-refractivity contribution in [3.05, 3.63) is 11.6 Å². The quantitative estimate of drug-likeness (QED) is 0.510. The number of carboxylic acids is 1. The Morgan fingerprint density at radius 2 is 2.17 bits per heavy atom. The first-order chi connectivity index (χ1) is 5.52. The third kappa shape index (κ3) is 1.65. The van der Waals surface area contributed by atoms with Crippen LogP contribution in [0.25, 0.3) is 0 Å². The molecule has 1 rings (SSSR count). The number of carboxylic acid groups (broad SMARTS) is 1. The van der Waals surface area contributed by atoms with E-state index in [4.69, 9.17) is 5.11 Å². The minimum absolute atomic E-state index is 0.0908. The van der Waals surface area contributed by atoms with Gasteiger partial charge in [-0.25, -0.2) is 4.79 Å². The van der Waals surface area contributed by atoms with Crippen LogP contribution >= 0.6 is 0 Å². The highest BCUT2D eigenvalue weighted by Gasteiger charge is 2.29. The van der Waals surface area contributed by atoms with Gasteiger partial charge in [0.1, 0.15) is 0 Å². The van der Waals surface area contributed by atoms with E-state index in [0.29, 0.717) is 0 Å². The maximum Gasteiger partial charge on any atom is 0.331 e. The second-order valence-corrected chi connectivity index (χ2v) is 3.12. The molecule has 0 radical (unpaired) electrons. The smallest absolute Gasteiger partial charge is 0.331 e. The molecule has 3 atom stereocenters. The van der Waals surface area contributed by atoms with Crippen LogP contribution in [-0.2, 0) is 4.79 Å². The van der Waals surface area contributed by atoms with Crippen molar-refractivity contribution in [3.63, 3.8) is 0 Å². The predicted molar refractivity (Wildman–Crippen MR) is 41.5 cm³/mol. The first kappa shape index (κ1) is 9.22. The molecule has 0 saturated heterocycles. The van der Waals surface area contributed by atoms with E-state index in [9.17, 15) is 15.0 Å². The summed E-state index contributed by atoms with van der Waals surface area (Å²) in [5.74, 6) is -1.35. The number of hydrogen-bond donors (Lipinski definition) is 3. The van der Waals surface area contributed by atoms with Crippen molar-refractivity contribution in [2.24, 2.45) is 5.92 Å². The summed E-state index contributed by atoms with van der Waals surface area (Å²) in [6, 6.07) is 0. The Morgan fingerprint density at radius 1 is 1.58 bits per heavy atom. The minimum Gasteiger partial charge on any atom is -0.478 e. The Labute approximate surface area is 70.1 Å². The van der Waals surface area contributed by atoms with Gasteiger partial charge in [-0.2, -0.15) is 0 Å². The van der Waals surface area contributed by atoms with Crippen molar-refractivity contribution in [1.82, 2.24) is 0 Å². The van der Waals surface area contributed by atoms with E-state index >= 15 is 0 Å². The third-order valence-corrected chi connectivity index (χ3v) is 2.22. The van der Waals surface area contributed by atoms with Gasteiger partial charge in [0.2, 0.25) is 0 Å². The summed E-state index contributed by atoms with van der Waals surface area (Å²) in [6.07, 6.45) is -0.191. The van der Waals surface area contributed by atoms with Gasteiger partial charge in [0.25, 0.3) is 0 Å². The topological polar surface area (TPSA) is 77.8 Å². The zero-order valence-electron chi connectivity index (χ0n) is 6.77. The highest BCUT2D eigenvalue weighted by molar-refractivity contribution is 5.87.